The largest absolute Gasteiger partial charge is 0.491 e. The molecule has 0 heterocycles. The molecule has 0 atom stereocenters. The van der Waals surface area contributed by atoms with Crippen molar-refractivity contribution >= 4 is 11.9 Å². The lowest BCUT2D eigenvalue weighted by Crippen LogP contribution is -2.48. The van der Waals surface area contributed by atoms with Crippen molar-refractivity contribution in [2.75, 3.05) is 40.8 Å². The van der Waals surface area contributed by atoms with Crippen LogP contribution in [0.2, 0.25) is 0 Å². The number of rotatable bonds is 7. The van der Waals surface area contributed by atoms with Gasteiger partial charge < -0.3 is 20.3 Å². The van der Waals surface area contributed by atoms with E-state index in [2.05, 4.69) is 15.6 Å². The molecule has 0 aliphatic rings. The number of carbonyl (C=O) groups is 1. The highest BCUT2D eigenvalue weighted by Crippen LogP contribution is 2.16. The van der Waals surface area contributed by atoms with Crippen LogP contribution in [0.25, 0.3) is 0 Å². The molecule has 6 heteroatoms. The molecule has 1 rings (SSSR count). The number of nitrogens with zero attached hydrogens (tertiary/aromatic N) is 2. The van der Waals surface area contributed by atoms with Gasteiger partial charge in [-0.1, -0.05) is 18.2 Å². The van der Waals surface area contributed by atoms with Gasteiger partial charge in [0.25, 0.3) is 0 Å². The summed E-state index contributed by atoms with van der Waals surface area (Å²) in [7, 11) is 5.32. The molecule has 1 aromatic rings. The van der Waals surface area contributed by atoms with Gasteiger partial charge in [0, 0.05) is 27.7 Å². The zero-order valence-corrected chi connectivity index (χ0v) is 15.6. The number of ether oxygens (including phenoxy) is 1. The molecule has 1 aromatic carbocycles. The molecule has 6 nitrogen and oxygen atoms in total. The van der Waals surface area contributed by atoms with E-state index in [1.807, 2.05) is 57.0 Å². The minimum Gasteiger partial charge on any atom is -0.491 e. The SMILES string of the molecule is CN=C(NCC(C)(C)C(=O)NC)N(C)CCOc1ccccc1C. The van der Waals surface area contributed by atoms with E-state index in [-0.39, 0.29) is 5.91 Å². The second-order valence-corrected chi connectivity index (χ2v) is 6.40. The normalized spacial score (nSPS) is 11.8. The van der Waals surface area contributed by atoms with Crippen molar-refractivity contribution in [2.24, 2.45) is 10.4 Å². The van der Waals surface area contributed by atoms with Crippen LogP contribution in [0.5, 0.6) is 5.75 Å². The molecule has 24 heavy (non-hydrogen) atoms. The highest BCUT2D eigenvalue weighted by Gasteiger charge is 2.27. The predicted octanol–water partition coefficient (Wildman–Crippen LogP) is 1.65. The van der Waals surface area contributed by atoms with Gasteiger partial charge in [0.1, 0.15) is 12.4 Å². The van der Waals surface area contributed by atoms with E-state index in [1.54, 1.807) is 14.1 Å². The molecule has 0 saturated heterocycles. The first-order valence-corrected chi connectivity index (χ1v) is 8.14. The number of carbonyl (C=O) groups excluding carboxylic acids is 1. The highest BCUT2D eigenvalue weighted by atomic mass is 16.5. The van der Waals surface area contributed by atoms with Crippen LogP contribution in [-0.4, -0.2) is 57.6 Å². The third kappa shape index (κ3) is 5.76. The van der Waals surface area contributed by atoms with Gasteiger partial charge in [-0.2, -0.15) is 0 Å². The molecular formula is C18H30N4O2. The standard InChI is InChI=1S/C18H30N4O2/c1-14-9-7-8-10-15(14)24-12-11-22(6)17(20-5)21-13-18(2,3)16(23)19-4/h7-10H,11-13H2,1-6H3,(H,19,23)(H,20,21). The molecule has 2 N–H and O–H groups in total. The Balaban J connectivity index is 2.48. The quantitative estimate of drug-likeness (QED) is 0.588. The van der Waals surface area contributed by atoms with E-state index in [1.165, 1.54) is 0 Å². The van der Waals surface area contributed by atoms with E-state index < -0.39 is 5.41 Å². The minimum atomic E-state index is -0.511. The third-order valence-electron chi connectivity index (χ3n) is 3.88. The number of benzene rings is 1. The number of para-hydroxylation sites is 1. The maximum Gasteiger partial charge on any atom is 0.227 e. The number of hydrogen-bond acceptors (Lipinski definition) is 3. The molecule has 0 aliphatic carbocycles. The van der Waals surface area contributed by atoms with Crippen molar-refractivity contribution in [3.8, 4) is 5.75 Å². The van der Waals surface area contributed by atoms with E-state index >= 15 is 0 Å². The topological polar surface area (TPSA) is 66.0 Å². The Morgan fingerprint density at radius 1 is 1.33 bits per heavy atom. The summed E-state index contributed by atoms with van der Waals surface area (Å²) in [6.45, 7) is 7.57. The number of aryl methyl sites for hydroxylation is 1. The second kappa shape index (κ2) is 9.15. The van der Waals surface area contributed by atoms with Crippen LogP contribution in [0.15, 0.2) is 29.3 Å². The zero-order valence-electron chi connectivity index (χ0n) is 15.6. The Labute approximate surface area is 145 Å². The summed E-state index contributed by atoms with van der Waals surface area (Å²) in [4.78, 5) is 18.1. The average molecular weight is 334 g/mol. The predicted molar refractivity (Wildman–Crippen MR) is 98.5 cm³/mol. The summed E-state index contributed by atoms with van der Waals surface area (Å²) in [5.41, 5.74) is 0.610. The van der Waals surface area contributed by atoms with Gasteiger partial charge >= 0.3 is 0 Å². The monoisotopic (exact) mass is 334 g/mol. The average Bonchev–Trinajstić information content (AvgIpc) is 2.56. The highest BCUT2D eigenvalue weighted by molar-refractivity contribution is 5.84. The summed E-state index contributed by atoms with van der Waals surface area (Å²) in [6.07, 6.45) is 0. The summed E-state index contributed by atoms with van der Waals surface area (Å²) in [6, 6.07) is 7.95. The van der Waals surface area contributed by atoms with Crippen LogP contribution in [0.3, 0.4) is 0 Å². The zero-order chi connectivity index (χ0) is 18.2. The molecule has 0 fully saturated rings. The van der Waals surface area contributed by atoms with Gasteiger partial charge in [-0.15, -0.1) is 0 Å². The molecule has 1 amide bonds. The minimum absolute atomic E-state index is 0.00371. The first-order valence-electron chi connectivity index (χ1n) is 8.14. The number of aliphatic imine (C=N–C) groups is 1. The lowest BCUT2D eigenvalue weighted by molar-refractivity contribution is -0.128. The summed E-state index contributed by atoms with van der Waals surface area (Å²) < 4.78 is 5.81. The van der Waals surface area contributed by atoms with E-state index in [4.69, 9.17) is 4.74 Å². The van der Waals surface area contributed by atoms with Crippen LogP contribution in [0.1, 0.15) is 19.4 Å². The molecule has 134 valence electrons. The van der Waals surface area contributed by atoms with Gasteiger partial charge in [-0.3, -0.25) is 9.79 Å². The Morgan fingerprint density at radius 3 is 2.58 bits per heavy atom. The smallest absolute Gasteiger partial charge is 0.227 e. The van der Waals surface area contributed by atoms with Gasteiger partial charge in [0.05, 0.1) is 12.0 Å². The second-order valence-electron chi connectivity index (χ2n) is 6.40. The fraction of sp³-hybridized carbons (Fsp3) is 0.556. The number of nitrogens with one attached hydrogen (secondary N) is 2. The maximum absolute atomic E-state index is 11.8. The van der Waals surface area contributed by atoms with E-state index in [9.17, 15) is 4.79 Å². The van der Waals surface area contributed by atoms with Crippen LogP contribution in [0.4, 0.5) is 0 Å². The first-order chi connectivity index (χ1) is 11.3. The van der Waals surface area contributed by atoms with Crippen LogP contribution in [0, 0.1) is 12.3 Å². The lowest BCUT2D eigenvalue weighted by atomic mass is 9.92. The van der Waals surface area contributed by atoms with Crippen molar-refractivity contribution in [3.05, 3.63) is 29.8 Å². The van der Waals surface area contributed by atoms with E-state index in [0.29, 0.717) is 19.7 Å². The number of amides is 1. The van der Waals surface area contributed by atoms with Crippen LogP contribution < -0.4 is 15.4 Å². The van der Waals surface area contributed by atoms with Crippen molar-refractivity contribution in [1.82, 2.24) is 15.5 Å². The Hall–Kier alpha value is -2.24. The Morgan fingerprint density at radius 2 is 2.00 bits per heavy atom. The molecule has 0 spiro atoms. The van der Waals surface area contributed by atoms with Gasteiger partial charge in [0.2, 0.25) is 5.91 Å². The summed E-state index contributed by atoms with van der Waals surface area (Å²) >= 11 is 0. The van der Waals surface area contributed by atoms with Crippen molar-refractivity contribution in [3.63, 3.8) is 0 Å². The number of guanidine groups is 1. The molecule has 0 radical (unpaired) electrons. The van der Waals surface area contributed by atoms with Crippen molar-refractivity contribution in [1.29, 1.82) is 0 Å². The van der Waals surface area contributed by atoms with Gasteiger partial charge in [0.15, 0.2) is 5.96 Å². The molecule has 0 unspecified atom stereocenters. The maximum atomic E-state index is 11.8. The third-order valence-corrected chi connectivity index (χ3v) is 3.88. The molecule has 0 saturated carbocycles. The van der Waals surface area contributed by atoms with Crippen molar-refractivity contribution in [2.45, 2.75) is 20.8 Å². The summed E-state index contributed by atoms with van der Waals surface area (Å²) in [5.74, 6) is 1.63. The lowest BCUT2D eigenvalue weighted by Gasteiger charge is -2.27. The number of likely N-dealkylation sites (N-methyl/N-ethyl adjacent to an activating group) is 1. The molecule has 0 aliphatic heterocycles. The van der Waals surface area contributed by atoms with Crippen molar-refractivity contribution < 1.29 is 9.53 Å². The molecular weight excluding hydrogens is 304 g/mol. The Kier molecular flexibility index (Phi) is 7.55. The molecule has 0 aromatic heterocycles. The summed E-state index contributed by atoms with van der Waals surface area (Å²) in [5, 5.41) is 5.93. The van der Waals surface area contributed by atoms with Gasteiger partial charge in [-0.25, -0.2) is 0 Å². The fourth-order valence-corrected chi connectivity index (χ4v) is 2.22. The van der Waals surface area contributed by atoms with Crippen LogP contribution in [-0.2, 0) is 4.79 Å². The Bertz CT molecular complexity index is 570. The van der Waals surface area contributed by atoms with Gasteiger partial charge in [-0.05, 0) is 32.4 Å². The fourth-order valence-electron chi connectivity index (χ4n) is 2.22. The number of hydrogen-bond donors (Lipinski definition) is 2. The first kappa shape index (κ1) is 19.8. The molecule has 0 bridgehead atoms. The van der Waals surface area contributed by atoms with E-state index in [0.717, 1.165) is 17.3 Å². The van der Waals surface area contributed by atoms with Crippen LogP contribution >= 0.6 is 0 Å².